The van der Waals surface area contributed by atoms with Crippen LogP contribution in [0.1, 0.15) is 66.2 Å². The van der Waals surface area contributed by atoms with E-state index in [0.29, 0.717) is 11.5 Å². The van der Waals surface area contributed by atoms with Crippen molar-refractivity contribution in [2.75, 3.05) is 19.6 Å². The predicted molar refractivity (Wildman–Crippen MR) is 85.4 cm³/mol. The van der Waals surface area contributed by atoms with Crippen molar-refractivity contribution in [3.8, 4) is 0 Å². The zero-order chi connectivity index (χ0) is 15.5. The zero-order valence-electron chi connectivity index (χ0n) is 14.2. The van der Waals surface area contributed by atoms with Crippen LogP contribution in [-0.2, 0) is 4.74 Å². The van der Waals surface area contributed by atoms with Gasteiger partial charge in [-0.05, 0) is 51.9 Å². The highest BCUT2D eigenvalue weighted by atomic mass is 16.6. The lowest BCUT2D eigenvalue weighted by Crippen LogP contribution is -2.45. The van der Waals surface area contributed by atoms with Crippen LogP contribution in [0, 0.1) is 5.41 Å². The molecule has 0 radical (unpaired) electrons. The van der Waals surface area contributed by atoms with Gasteiger partial charge in [-0.2, -0.15) is 0 Å². The maximum absolute atomic E-state index is 12.2. The molecule has 2 aliphatic rings. The average molecular weight is 296 g/mol. The molecule has 4 nitrogen and oxygen atoms in total. The van der Waals surface area contributed by atoms with E-state index < -0.39 is 5.60 Å². The Morgan fingerprint density at radius 2 is 1.95 bits per heavy atom. The molecule has 0 bridgehead atoms. The molecule has 1 aliphatic carbocycles. The van der Waals surface area contributed by atoms with Gasteiger partial charge in [0.1, 0.15) is 5.60 Å². The Labute approximate surface area is 129 Å². The molecule has 0 aromatic rings. The van der Waals surface area contributed by atoms with Crippen LogP contribution >= 0.6 is 0 Å². The molecule has 1 heterocycles. The molecular weight excluding hydrogens is 264 g/mol. The molecule has 21 heavy (non-hydrogen) atoms. The molecule has 2 rings (SSSR count). The van der Waals surface area contributed by atoms with E-state index in [0.717, 1.165) is 32.5 Å². The highest BCUT2D eigenvalue weighted by Crippen LogP contribution is 2.36. The fourth-order valence-corrected chi connectivity index (χ4v) is 3.55. The summed E-state index contributed by atoms with van der Waals surface area (Å²) in [5, 5.41) is 3.61. The van der Waals surface area contributed by atoms with Crippen LogP contribution < -0.4 is 5.32 Å². The zero-order valence-corrected chi connectivity index (χ0v) is 14.2. The van der Waals surface area contributed by atoms with Crippen molar-refractivity contribution in [3.05, 3.63) is 0 Å². The molecule has 1 N–H and O–H groups in total. The van der Waals surface area contributed by atoms with E-state index >= 15 is 0 Å². The number of carbonyl (C=O) groups is 1. The van der Waals surface area contributed by atoms with Gasteiger partial charge in [0.15, 0.2) is 0 Å². The second kappa shape index (κ2) is 6.55. The van der Waals surface area contributed by atoms with Crippen LogP contribution in [0.5, 0.6) is 0 Å². The first-order valence-corrected chi connectivity index (χ1v) is 8.49. The average Bonchev–Trinajstić information content (AvgIpc) is 2.96. The summed E-state index contributed by atoms with van der Waals surface area (Å²) >= 11 is 0. The van der Waals surface area contributed by atoms with Gasteiger partial charge in [0.05, 0.1) is 0 Å². The first kappa shape index (κ1) is 16.6. The van der Waals surface area contributed by atoms with Crippen molar-refractivity contribution in [2.24, 2.45) is 5.41 Å². The maximum atomic E-state index is 12.2. The lowest BCUT2D eigenvalue weighted by atomic mass is 9.89. The van der Waals surface area contributed by atoms with Crippen molar-refractivity contribution in [3.63, 3.8) is 0 Å². The predicted octanol–water partition coefficient (Wildman–Crippen LogP) is 3.56. The summed E-state index contributed by atoms with van der Waals surface area (Å²) in [6.07, 6.45) is 7.42. The molecule has 1 unspecified atom stereocenters. The number of likely N-dealkylation sites (tertiary alicyclic amines) is 1. The van der Waals surface area contributed by atoms with Crippen molar-refractivity contribution in [1.29, 1.82) is 0 Å². The van der Waals surface area contributed by atoms with Gasteiger partial charge in [-0.15, -0.1) is 0 Å². The number of nitrogens with one attached hydrogen (secondary N) is 1. The normalized spacial score (nSPS) is 25.3. The molecule has 1 aliphatic heterocycles. The van der Waals surface area contributed by atoms with Gasteiger partial charge in [0.2, 0.25) is 0 Å². The number of amides is 1. The lowest BCUT2D eigenvalue weighted by molar-refractivity contribution is 0.0225. The monoisotopic (exact) mass is 296 g/mol. The molecule has 122 valence electrons. The highest BCUT2D eigenvalue weighted by molar-refractivity contribution is 5.69. The number of rotatable bonds is 4. The smallest absolute Gasteiger partial charge is 0.410 e. The van der Waals surface area contributed by atoms with E-state index in [4.69, 9.17) is 4.74 Å². The Kier molecular flexibility index (Phi) is 5.18. The van der Waals surface area contributed by atoms with Gasteiger partial charge in [-0.1, -0.05) is 19.8 Å². The van der Waals surface area contributed by atoms with Crippen LogP contribution in [0.4, 0.5) is 4.79 Å². The highest BCUT2D eigenvalue weighted by Gasteiger charge is 2.33. The van der Waals surface area contributed by atoms with E-state index in [2.05, 4.69) is 12.2 Å². The number of hydrogen-bond donors (Lipinski definition) is 1. The third-order valence-corrected chi connectivity index (χ3v) is 4.75. The number of hydrogen-bond acceptors (Lipinski definition) is 3. The van der Waals surface area contributed by atoms with Crippen LogP contribution in [-0.4, -0.2) is 42.3 Å². The van der Waals surface area contributed by atoms with Crippen LogP contribution in [0.2, 0.25) is 0 Å². The minimum absolute atomic E-state index is 0.154. The molecule has 0 aromatic heterocycles. The quantitative estimate of drug-likeness (QED) is 0.862. The van der Waals surface area contributed by atoms with Crippen molar-refractivity contribution in [1.82, 2.24) is 10.2 Å². The van der Waals surface area contributed by atoms with E-state index in [1.54, 1.807) is 0 Å². The van der Waals surface area contributed by atoms with Crippen molar-refractivity contribution >= 4 is 6.09 Å². The van der Waals surface area contributed by atoms with Crippen molar-refractivity contribution < 1.29 is 9.53 Å². The number of nitrogens with zero attached hydrogens (tertiary/aromatic N) is 1. The molecule has 1 saturated heterocycles. The molecule has 1 atom stereocenters. The van der Waals surface area contributed by atoms with Gasteiger partial charge >= 0.3 is 6.09 Å². The van der Waals surface area contributed by atoms with E-state index in [1.165, 1.54) is 25.7 Å². The van der Waals surface area contributed by atoms with Gasteiger partial charge < -0.3 is 15.0 Å². The Morgan fingerprint density at radius 1 is 1.29 bits per heavy atom. The van der Waals surface area contributed by atoms with Gasteiger partial charge in [-0.25, -0.2) is 4.79 Å². The molecule has 2 fully saturated rings. The van der Waals surface area contributed by atoms with E-state index in [-0.39, 0.29) is 6.09 Å². The Hall–Kier alpha value is -0.770. The van der Waals surface area contributed by atoms with Gasteiger partial charge in [0, 0.05) is 25.7 Å². The molecule has 4 heteroatoms. The minimum atomic E-state index is -0.408. The summed E-state index contributed by atoms with van der Waals surface area (Å²) in [6, 6.07) is 0.296. The second-order valence-electron chi connectivity index (χ2n) is 8.12. The topological polar surface area (TPSA) is 41.6 Å². The van der Waals surface area contributed by atoms with Crippen LogP contribution in [0.3, 0.4) is 0 Å². The van der Waals surface area contributed by atoms with E-state index in [1.807, 2.05) is 25.7 Å². The lowest BCUT2D eigenvalue weighted by Gasteiger charge is -2.30. The summed E-state index contributed by atoms with van der Waals surface area (Å²) in [7, 11) is 0. The van der Waals surface area contributed by atoms with Crippen LogP contribution in [0.15, 0.2) is 0 Å². The fourth-order valence-electron chi connectivity index (χ4n) is 3.55. The molecule has 1 amide bonds. The second-order valence-corrected chi connectivity index (χ2v) is 8.12. The summed E-state index contributed by atoms with van der Waals surface area (Å²) in [5.41, 5.74) is 0.0599. The molecule has 0 aromatic carbocycles. The number of ether oxygens (including phenoxy) is 1. The third kappa shape index (κ3) is 4.87. The summed E-state index contributed by atoms with van der Waals surface area (Å²) in [6.45, 7) is 11.0. The standard InChI is InChI=1S/C17H32N2O2/c1-16(2,3)21-15(20)19-11-7-8-14(19)12-18-13-17(4)9-5-6-10-17/h14,18H,5-13H2,1-4H3. The Bertz CT molecular complexity index is 356. The van der Waals surface area contributed by atoms with Gasteiger partial charge in [0.25, 0.3) is 0 Å². The Balaban J connectivity index is 1.78. The first-order valence-electron chi connectivity index (χ1n) is 8.49. The molecular formula is C17H32N2O2. The minimum Gasteiger partial charge on any atom is -0.444 e. The SMILES string of the molecule is CC1(CNCC2CCCN2C(=O)OC(C)(C)C)CCCC1. The molecule has 1 saturated carbocycles. The van der Waals surface area contributed by atoms with E-state index in [9.17, 15) is 4.79 Å². The maximum Gasteiger partial charge on any atom is 0.410 e. The summed E-state index contributed by atoms with van der Waals surface area (Å²) in [4.78, 5) is 14.1. The third-order valence-electron chi connectivity index (χ3n) is 4.75. The summed E-state index contributed by atoms with van der Waals surface area (Å²) < 4.78 is 5.51. The first-order chi connectivity index (χ1) is 9.79. The Morgan fingerprint density at radius 3 is 2.57 bits per heavy atom. The van der Waals surface area contributed by atoms with Crippen LogP contribution in [0.25, 0.3) is 0 Å². The van der Waals surface area contributed by atoms with Crippen molar-refractivity contribution in [2.45, 2.75) is 77.9 Å². The number of carbonyl (C=O) groups excluding carboxylic acids is 1. The molecule has 0 spiro atoms. The van der Waals surface area contributed by atoms with Gasteiger partial charge in [-0.3, -0.25) is 0 Å². The largest absolute Gasteiger partial charge is 0.444 e. The fraction of sp³-hybridized carbons (Fsp3) is 0.941. The summed E-state index contributed by atoms with van der Waals surface area (Å²) in [5.74, 6) is 0.